The molecule has 1 saturated heterocycles. The fourth-order valence-electron chi connectivity index (χ4n) is 3.25. The van der Waals surface area contributed by atoms with Crippen LogP contribution in [0.3, 0.4) is 0 Å². The molecule has 0 unspecified atom stereocenters. The number of rotatable bonds is 5. The Hall–Kier alpha value is -3.18. The summed E-state index contributed by atoms with van der Waals surface area (Å²) >= 11 is 0. The second-order valence-corrected chi connectivity index (χ2v) is 6.50. The molecule has 0 saturated carbocycles. The van der Waals surface area contributed by atoms with Crippen molar-refractivity contribution in [3.8, 4) is 6.07 Å². The van der Waals surface area contributed by atoms with Crippen molar-refractivity contribution in [2.45, 2.75) is 20.0 Å². The van der Waals surface area contributed by atoms with Crippen LogP contribution in [0.1, 0.15) is 17.0 Å². The van der Waals surface area contributed by atoms with Crippen molar-refractivity contribution in [1.29, 1.82) is 5.26 Å². The number of piperazine rings is 1. The zero-order valence-electron chi connectivity index (χ0n) is 15.1. The number of nitrogens with zero attached hydrogens (tertiary/aromatic N) is 5. The van der Waals surface area contributed by atoms with Gasteiger partial charge < -0.3 is 10.0 Å². The topological polar surface area (TPSA) is 102 Å². The molecule has 0 amide bonds. The van der Waals surface area contributed by atoms with Gasteiger partial charge in [-0.05, 0) is 12.5 Å². The summed E-state index contributed by atoms with van der Waals surface area (Å²) in [4.78, 5) is 32.1. The molecule has 0 radical (unpaired) electrons. The summed E-state index contributed by atoms with van der Waals surface area (Å²) in [6.07, 6.45) is 0. The predicted molar refractivity (Wildman–Crippen MR) is 99.5 cm³/mol. The summed E-state index contributed by atoms with van der Waals surface area (Å²) in [5.41, 5.74) is 0.543. The normalized spacial score (nSPS) is 14.7. The lowest BCUT2D eigenvalue weighted by molar-refractivity contribution is -0.137. The van der Waals surface area contributed by atoms with Crippen molar-refractivity contribution < 1.29 is 9.90 Å². The highest BCUT2D eigenvalue weighted by atomic mass is 16.4. The SMILES string of the molecule is Cc1nc(N2CCN(Cc3ccccc3)CC2)c(C#N)c(=O)n1CC(=O)O. The van der Waals surface area contributed by atoms with Crippen LogP contribution in [0.2, 0.25) is 0 Å². The smallest absolute Gasteiger partial charge is 0.323 e. The molecular formula is C19H21N5O3. The Morgan fingerprint density at radius 2 is 1.89 bits per heavy atom. The summed E-state index contributed by atoms with van der Waals surface area (Å²) in [5.74, 6) is -0.503. The standard InChI is InChI=1S/C19H21N5O3/c1-14-21-18(16(11-20)19(27)24(14)13-17(25)26)23-9-7-22(8-10-23)12-15-5-3-2-4-6-15/h2-6H,7-10,12-13H2,1H3,(H,25,26). The first-order valence-corrected chi connectivity index (χ1v) is 8.74. The van der Waals surface area contributed by atoms with Gasteiger partial charge in [0.15, 0.2) is 11.4 Å². The van der Waals surface area contributed by atoms with Crippen molar-refractivity contribution in [1.82, 2.24) is 14.5 Å². The van der Waals surface area contributed by atoms with Crippen LogP contribution in [-0.4, -0.2) is 51.7 Å². The van der Waals surface area contributed by atoms with Gasteiger partial charge in [-0.15, -0.1) is 0 Å². The molecule has 0 spiro atoms. The zero-order chi connectivity index (χ0) is 19.4. The van der Waals surface area contributed by atoms with Gasteiger partial charge in [0.2, 0.25) is 0 Å². The number of hydrogen-bond acceptors (Lipinski definition) is 6. The molecule has 1 aromatic carbocycles. The van der Waals surface area contributed by atoms with Gasteiger partial charge in [0.05, 0.1) is 0 Å². The quantitative estimate of drug-likeness (QED) is 0.835. The first kappa shape index (κ1) is 18.6. The highest BCUT2D eigenvalue weighted by Gasteiger charge is 2.24. The average molecular weight is 367 g/mol. The number of aliphatic carboxylic acids is 1. The Morgan fingerprint density at radius 1 is 1.22 bits per heavy atom. The second-order valence-electron chi connectivity index (χ2n) is 6.50. The van der Waals surface area contributed by atoms with E-state index in [9.17, 15) is 14.9 Å². The minimum absolute atomic E-state index is 0.0987. The van der Waals surface area contributed by atoms with Crippen molar-refractivity contribution >= 4 is 11.8 Å². The van der Waals surface area contributed by atoms with Crippen LogP contribution in [0.25, 0.3) is 0 Å². The van der Waals surface area contributed by atoms with Gasteiger partial charge >= 0.3 is 5.97 Å². The molecule has 8 heteroatoms. The van der Waals surface area contributed by atoms with Gasteiger partial charge in [-0.1, -0.05) is 30.3 Å². The number of anilines is 1. The van der Waals surface area contributed by atoms with Gasteiger partial charge in [-0.3, -0.25) is 19.1 Å². The third kappa shape index (κ3) is 4.15. The molecule has 27 heavy (non-hydrogen) atoms. The van der Waals surface area contributed by atoms with Crippen LogP contribution >= 0.6 is 0 Å². The predicted octanol–water partition coefficient (Wildman–Crippen LogP) is 0.830. The number of carboxylic acid groups (broad SMARTS) is 1. The minimum Gasteiger partial charge on any atom is -0.480 e. The van der Waals surface area contributed by atoms with E-state index >= 15 is 0 Å². The van der Waals surface area contributed by atoms with Crippen LogP contribution in [0.5, 0.6) is 0 Å². The van der Waals surface area contributed by atoms with Crippen molar-refractivity contribution in [3.05, 3.63) is 57.6 Å². The van der Waals surface area contributed by atoms with E-state index < -0.39 is 18.1 Å². The molecule has 2 heterocycles. The molecule has 8 nitrogen and oxygen atoms in total. The van der Waals surface area contributed by atoms with Gasteiger partial charge in [0, 0.05) is 32.7 Å². The molecule has 0 atom stereocenters. The van der Waals surface area contributed by atoms with E-state index in [4.69, 9.17) is 5.11 Å². The number of carbonyl (C=O) groups is 1. The summed E-state index contributed by atoms with van der Waals surface area (Å²) in [6, 6.07) is 12.1. The molecule has 2 aromatic rings. The van der Waals surface area contributed by atoms with E-state index in [-0.39, 0.29) is 5.56 Å². The van der Waals surface area contributed by atoms with Gasteiger partial charge in [0.25, 0.3) is 5.56 Å². The minimum atomic E-state index is -1.15. The van der Waals surface area contributed by atoms with E-state index in [0.29, 0.717) is 24.7 Å². The Bertz CT molecular complexity index is 925. The first-order valence-electron chi connectivity index (χ1n) is 8.74. The van der Waals surface area contributed by atoms with E-state index in [2.05, 4.69) is 22.0 Å². The maximum absolute atomic E-state index is 12.5. The summed E-state index contributed by atoms with van der Waals surface area (Å²) in [5, 5.41) is 18.4. The Labute approximate surface area is 156 Å². The molecule has 3 rings (SSSR count). The second kappa shape index (κ2) is 8.01. The highest BCUT2D eigenvalue weighted by Crippen LogP contribution is 2.18. The van der Waals surface area contributed by atoms with E-state index in [1.54, 1.807) is 6.92 Å². The van der Waals surface area contributed by atoms with Crippen molar-refractivity contribution in [2.75, 3.05) is 31.1 Å². The van der Waals surface area contributed by atoms with Gasteiger partial charge in [-0.25, -0.2) is 4.98 Å². The monoisotopic (exact) mass is 367 g/mol. The third-order valence-electron chi connectivity index (χ3n) is 4.67. The van der Waals surface area contributed by atoms with Crippen LogP contribution < -0.4 is 10.5 Å². The van der Waals surface area contributed by atoms with Crippen molar-refractivity contribution in [2.24, 2.45) is 0 Å². The number of benzene rings is 1. The number of nitriles is 1. The zero-order valence-corrected chi connectivity index (χ0v) is 15.1. The number of hydrogen-bond donors (Lipinski definition) is 1. The lowest BCUT2D eigenvalue weighted by atomic mass is 10.2. The Morgan fingerprint density at radius 3 is 2.48 bits per heavy atom. The molecule has 0 aliphatic carbocycles. The maximum Gasteiger partial charge on any atom is 0.323 e. The van der Waals surface area contributed by atoms with Crippen LogP contribution in [-0.2, 0) is 17.9 Å². The van der Waals surface area contributed by atoms with Crippen LogP contribution in [0, 0.1) is 18.3 Å². The molecule has 1 N–H and O–H groups in total. The number of aromatic nitrogens is 2. The Balaban J connectivity index is 1.77. The van der Waals surface area contributed by atoms with Gasteiger partial charge in [0.1, 0.15) is 18.4 Å². The van der Waals surface area contributed by atoms with E-state index in [1.807, 2.05) is 29.2 Å². The maximum atomic E-state index is 12.5. The van der Waals surface area contributed by atoms with Gasteiger partial charge in [-0.2, -0.15) is 5.26 Å². The molecule has 1 aliphatic heterocycles. The molecule has 0 bridgehead atoms. The first-order chi connectivity index (χ1) is 13.0. The lowest BCUT2D eigenvalue weighted by Gasteiger charge is -2.35. The Kier molecular flexibility index (Phi) is 5.52. The fourth-order valence-corrected chi connectivity index (χ4v) is 3.25. The third-order valence-corrected chi connectivity index (χ3v) is 4.67. The number of carboxylic acids is 1. The van der Waals surface area contributed by atoms with Crippen molar-refractivity contribution in [3.63, 3.8) is 0 Å². The summed E-state index contributed by atoms with van der Waals surface area (Å²) in [6.45, 7) is 4.81. The van der Waals surface area contributed by atoms with Crippen LogP contribution in [0.4, 0.5) is 5.82 Å². The lowest BCUT2D eigenvalue weighted by Crippen LogP contribution is -2.47. The fraction of sp³-hybridized carbons (Fsp3) is 0.368. The highest BCUT2D eigenvalue weighted by molar-refractivity contribution is 5.67. The van der Waals surface area contributed by atoms with Crippen LogP contribution in [0.15, 0.2) is 35.1 Å². The largest absolute Gasteiger partial charge is 0.480 e. The summed E-state index contributed by atoms with van der Waals surface area (Å²) < 4.78 is 1.02. The molecule has 1 fully saturated rings. The van der Waals surface area contributed by atoms with E-state index in [1.165, 1.54) is 5.56 Å². The molecule has 140 valence electrons. The average Bonchev–Trinajstić information content (AvgIpc) is 2.66. The molecular weight excluding hydrogens is 346 g/mol. The molecule has 1 aliphatic rings. The molecule has 1 aromatic heterocycles. The van der Waals surface area contributed by atoms with E-state index in [0.717, 1.165) is 24.2 Å². The summed E-state index contributed by atoms with van der Waals surface area (Å²) in [7, 11) is 0. The number of aryl methyl sites for hydroxylation is 1.